The standard InChI is InChI=1S/C12H18N2O3/c1-14(2)11-6-4-3-5-10(11)13-8-9(15)7-12(16)17/h3-6,9,13,15H,7-8H2,1-2H3,(H,16,17). The molecule has 94 valence electrons. The van der Waals surface area contributed by atoms with Gasteiger partial charge >= 0.3 is 5.97 Å². The van der Waals surface area contributed by atoms with Gasteiger partial charge in [-0.05, 0) is 12.1 Å². The third kappa shape index (κ3) is 4.32. The molecule has 1 unspecified atom stereocenters. The van der Waals surface area contributed by atoms with E-state index in [1.807, 2.05) is 43.3 Å². The monoisotopic (exact) mass is 238 g/mol. The summed E-state index contributed by atoms with van der Waals surface area (Å²) in [6.45, 7) is 0.219. The van der Waals surface area contributed by atoms with Gasteiger partial charge in [-0.15, -0.1) is 0 Å². The summed E-state index contributed by atoms with van der Waals surface area (Å²) >= 11 is 0. The van der Waals surface area contributed by atoms with Crippen molar-refractivity contribution in [3.63, 3.8) is 0 Å². The highest BCUT2D eigenvalue weighted by molar-refractivity contribution is 5.70. The first-order chi connectivity index (χ1) is 8.00. The van der Waals surface area contributed by atoms with Gasteiger partial charge in [0.25, 0.3) is 0 Å². The van der Waals surface area contributed by atoms with Crippen LogP contribution in [0, 0.1) is 0 Å². The zero-order valence-corrected chi connectivity index (χ0v) is 10.1. The molecule has 0 aliphatic rings. The summed E-state index contributed by atoms with van der Waals surface area (Å²) in [5.74, 6) is -1.000. The highest BCUT2D eigenvalue weighted by Crippen LogP contribution is 2.23. The molecule has 0 aliphatic heterocycles. The van der Waals surface area contributed by atoms with E-state index in [9.17, 15) is 9.90 Å². The predicted octanol–water partition coefficient (Wildman–Crippen LogP) is 1.00. The molecule has 17 heavy (non-hydrogen) atoms. The first-order valence-electron chi connectivity index (χ1n) is 5.40. The Morgan fingerprint density at radius 3 is 2.65 bits per heavy atom. The van der Waals surface area contributed by atoms with Crippen molar-refractivity contribution in [1.82, 2.24) is 0 Å². The molecule has 0 aromatic heterocycles. The number of hydrogen-bond donors (Lipinski definition) is 3. The number of carboxylic acid groups (broad SMARTS) is 1. The summed E-state index contributed by atoms with van der Waals surface area (Å²) in [6, 6.07) is 7.65. The minimum atomic E-state index is -1.000. The third-order valence-electron chi connectivity index (χ3n) is 2.32. The number of nitrogens with zero attached hydrogens (tertiary/aromatic N) is 1. The highest BCUT2D eigenvalue weighted by atomic mass is 16.4. The number of nitrogens with one attached hydrogen (secondary N) is 1. The zero-order valence-electron chi connectivity index (χ0n) is 10.1. The van der Waals surface area contributed by atoms with Gasteiger partial charge in [0.15, 0.2) is 0 Å². The maximum atomic E-state index is 10.4. The fraction of sp³-hybridized carbons (Fsp3) is 0.417. The van der Waals surface area contributed by atoms with Crippen LogP contribution < -0.4 is 10.2 Å². The van der Waals surface area contributed by atoms with Crippen LogP contribution in [0.1, 0.15) is 6.42 Å². The molecule has 0 bridgehead atoms. The average Bonchev–Trinajstić information content (AvgIpc) is 2.25. The van der Waals surface area contributed by atoms with Crippen molar-refractivity contribution in [3.8, 4) is 0 Å². The van der Waals surface area contributed by atoms with E-state index >= 15 is 0 Å². The summed E-state index contributed by atoms with van der Waals surface area (Å²) < 4.78 is 0. The molecule has 5 nitrogen and oxygen atoms in total. The van der Waals surface area contributed by atoms with E-state index in [0.29, 0.717) is 0 Å². The number of hydrogen-bond acceptors (Lipinski definition) is 4. The number of carboxylic acids is 1. The van der Waals surface area contributed by atoms with Crippen LogP contribution in [0.5, 0.6) is 0 Å². The Hall–Kier alpha value is -1.75. The number of anilines is 2. The lowest BCUT2D eigenvalue weighted by Gasteiger charge is -2.19. The molecule has 0 saturated heterocycles. The highest BCUT2D eigenvalue weighted by Gasteiger charge is 2.10. The number of aliphatic hydroxyl groups is 1. The molecule has 0 heterocycles. The molecule has 1 atom stereocenters. The van der Waals surface area contributed by atoms with Crippen LogP contribution in [0.2, 0.25) is 0 Å². The van der Waals surface area contributed by atoms with Crippen molar-refractivity contribution in [2.75, 3.05) is 30.9 Å². The lowest BCUT2D eigenvalue weighted by molar-refractivity contribution is -0.138. The fourth-order valence-corrected chi connectivity index (χ4v) is 1.51. The molecule has 0 spiro atoms. The molecule has 0 aliphatic carbocycles. The normalized spacial score (nSPS) is 11.9. The van der Waals surface area contributed by atoms with Gasteiger partial charge < -0.3 is 20.4 Å². The van der Waals surface area contributed by atoms with Crippen LogP contribution in [-0.2, 0) is 4.79 Å². The second-order valence-corrected chi connectivity index (χ2v) is 4.04. The first kappa shape index (κ1) is 13.3. The number of aliphatic hydroxyl groups excluding tert-OH is 1. The van der Waals surface area contributed by atoms with E-state index in [-0.39, 0.29) is 13.0 Å². The molecule has 1 aromatic carbocycles. The molecule has 1 aromatic rings. The molecule has 1 rings (SSSR count). The Morgan fingerprint density at radius 1 is 1.41 bits per heavy atom. The molecule has 3 N–H and O–H groups in total. The minimum Gasteiger partial charge on any atom is -0.481 e. The van der Waals surface area contributed by atoms with E-state index in [2.05, 4.69) is 5.32 Å². The molecule has 5 heteroatoms. The van der Waals surface area contributed by atoms with Crippen LogP contribution in [0.25, 0.3) is 0 Å². The average molecular weight is 238 g/mol. The second-order valence-electron chi connectivity index (χ2n) is 4.04. The van der Waals surface area contributed by atoms with Gasteiger partial charge in [0.2, 0.25) is 0 Å². The van der Waals surface area contributed by atoms with Gasteiger partial charge in [-0.1, -0.05) is 12.1 Å². The summed E-state index contributed by atoms with van der Waals surface area (Å²) in [6.07, 6.45) is -1.14. The van der Waals surface area contributed by atoms with Gasteiger partial charge in [0, 0.05) is 20.6 Å². The summed E-state index contributed by atoms with van der Waals surface area (Å²) in [4.78, 5) is 12.4. The lowest BCUT2D eigenvalue weighted by Crippen LogP contribution is -2.23. The number of carbonyl (C=O) groups is 1. The smallest absolute Gasteiger partial charge is 0.306 e. The van der Waals surface area contributed by atoms with E-state index < -0.39 is 12.1 Å². The van der Waals surface area contributed by atoms with E-state index in [4.69, 9.17) is 5.11 Å². The molecule has 0 amide bonds. The predicted molar refractivity (Wildman–Crippen MR) is 67.5 cm³/mol. The lowest BCUT2D eigenvalue weighted by atomic mass is 10.2. The van der Waals surface area contributed by atoms with Crippen LogP contribution in [0.15, 0.2) is 24.3 Å². The minimum absolute atomic E-state index is 0.219. The van der Waals surface area contributed by atoms with Gasteiger partial charge in [-0.2, -0.15) is 0 Å². The van der Waals surface area contributed by atoms with Crippen LogP contribution in [0.4, 0.5) is 11.4 Å². The number of para-hydroxylation sites is 2. The van der Waals surface area contributed by atoms with Crippen molar-refractivity contribution in [2.45, 2.75) is 12.5 Å². The second kappa shape index (κ2) is 6.10. The van der Waals surface area contributed by atoms with Gasteiger partial charge in [0.05, 0.1) is 23.9 Å². The summed E-state index contributed by atoms with van der Waals surface area (Å²) in [7, 11) is 3.85. The van der Waals surface area contributed by atoms with Gasteiger partial charge in [0.1, 0.15) is 0 Å². The Balaban J connectivity index is 2.60. The SMILES string of the molecule is CN(C)c1ccccc1NCC(O)CC(=O)O. The van der Waals surface area contributed by atoms with E-state index in [1.165, 1.54) is 0 Å². The topological polar surface area (TPSA) is 72.8 Å². The van der Waals surface area contributed by atoms with Gasteiger partial charge in [-0.25, -0.2) is 0 Å². The van der Waals surface area contributed by atoms with Crippen molar-refractivity contribution in [2.24, 2.45) is 0 Å². The van der Waals surface area contributed by atoms with Crippen LogP contribution >= 0.6 is 0 Å². The number of benzene rings is 1. The zero-order chi connectivity index (χ0) is 12.8. The van der Waals surface area contributed by atoms with Gasteiger partial charge in [-0.3, -0.25) is 4.79 Å². The van der Waals surface area contributed by atoms with Crippen molar-refractivity contribution < 1.29 is 15.0 Å². The van der Waals surface area contributed by atoms with Crippen molar-refractivity contribution in [1.29, 1.82) is 0 Å². The first-order valence-corrected chi connectivity index (χ1v) is 5.40. The molecule has 0 fully saturated rings. The number of rotatable bonds is 6. The molecular weight excluding hydrogens is 220 g/mol. The van der Waals surface area contributed by atoms with E-state index in [0.717, 1.165) is 11.4 Å². The largest absolute Gasteiger partial charge is 0.481 e. The van der Waals surface area contributed by atoms with Crippen LogP contribution in [0.3, 0.4) is 0 Å². The fourth-order valence-electron chi connectivity index (χ4n) is 1.51. The van der Waals surface area contributed by atoms with Crippen molar-refractivity contribution in [3.05, 3.63) is 24.3 Å². The Labute approximate surface area is 101 Å². The number of aliphatic carboxylic acids is 1. The van der Waals surface area contributed by atoms with E-state index in [1.54, 1.807) is 0 Å². The van der Waals surface area contributed by atoms with Crippen LogP contribution in [-0.4, -0.2) is 42.9 Å². The third-order valence-corrected chi connectivity index (χ3v) is 2.32. The summed E-state index contributed by atoms with van der Waals surface area (Å²) in [5.41, 5.74) is 1.87. The Bertz CT molecular complexity index is 380. The summed E-state index contributed by atoms with van der Waals surface area (Å²) in [5, 5.41) is 21.0. The quantitative estimate of drug-likeness (QED) is 0.689. The maximum Gasteiger partial charge on any atom is 0.306 e. The molecule has 0 radical (unpaired) electrons. The molecule has 0 saturated carbocycles. The van der Waals surface area contributed by atoms with Crippen molar-refractivity contribution >= 4 is 17.3 Å². The molecular formula is C12H18N2O3. The Morgan fingerprint density at radius 2 is 2.06 bits per heavy atom. The Kier molecular flexibility index (Phi) is 4.78. The maximum absolute atomic E-state index is 10.4.